The number of benzene rings is 2. The molecule has 3 nitrogen and oxygen atoms in total. The molecule has 2 aromatic carbocycles. The fourth-order valence-corrected chi connectivity index (χ4v) is 4.08. The first-order valence-electron chi connectivity index (χ1n) is 9.83. The van der Waals surface area contributed by atoms with Gasteiger partial charge in [0.1, 0.15) is 0 Å². The number of carbonyl (C=O) groups excluding carboxylic acids is 3. The number of rotatable bonds is 6. The Morgan fingerprint density at radius 1 is 0.821 bits per heavy atom. The van der Waals surface area contributed by atoms with Crippen LogP contribution in [0.3, 0.4) is 0 Å². The van der Waals surface area contributed by atoms with Gasteiger partial charge in [0.2, 0.25) is 0 Å². The van der Waals surface area contributed by atoms with Crippen molar-refractivity contribution >= 4 is 17.3 Å². The van der Waals surface area contributed by atoms with E-state index in [0.29, 0.717) is 11.1 Å². The lowest BCUT2D eigenvalue weighted by Gasteiger charge is -2.27. The first-order chi connectivity index (χ1) is 13.4. The van der Waals surface area contributed by atoms with Crippen molar-refractivity contribution in [3.05, 3.63) is 82.9 Å². The van der Waals surface area contributed by atoms with Crippen molar-refractivity contribution in [3.63, 3.8) is 0 Å². The molecule has 1 aliphatic carbocycles. The van der Waals surface area contributed by atoms with Gasteiger partial charge >= 0.3 is 0 Å². The van der Waals surface area contributed by atoms with Gasteiger partial charge in [0.15, 0.2) is 17.3 Å². The molecule has 28 heavy (non-hydrogen) atoms. The Balaban J connectivity index is 1.63. The largest absolute Gasteiger partial charge is 0.294 e. The van der Waals surface area contributed by atoms with Crippen LogP contribution in [0.5, 0.6) is 0 Å². The summed E-state index contributed by atoms with van der Waals surface area (Å²) in [5, 5.41) is 0. The van der Waals surface area contributed by atoms with Gasteiger partial charge in [0, 0.05) is 28.5 Å². The minimum atomic E-state index is -0.149. The third-order valence-electron chi connectivity index (χ3n) is 5.76. The van der Waals surface area contributed by atoms with E-state index in [2.05, 4.69) is 6.58 Å². The van der Waals surface area contributed by atoms with Crippen molar-refractivity contribution < 1.29 is 14.4 Å². The number of carbonyl (C=O) groups is 3. The van der Waals surface area contributed by atoms with Gasteiger partial charge in [-0.15, -0.1) is 0 Å². The smallest absolute Gasteiger partial charge is 0.185 e. The van der Waals surface area contributed by atoms with Gasteiger partial charge < -0.3 is 0 Å². The number of aryl methyl sites for hydroxylation is 2. The van der Waals surface area contributed by atoms with Gasteiger partial charge in [-0.25, -0.2) is 0 Å². The van der Waals surface area contributed by atoms with Gasteiger partial charge in [-0.3, -0.25) is 14.4 Å². The van der Waals surface area contributed by atoms with Crippen LogP contribution in [-0.4, -0.2) is 17.3 Å². The highest BCUT2D eigenvalue weighted by Crippen LogP contribution is 2.33. The first kappa shape index (κ1) is 19.9. The lowest BCUT2D eigenvalue weighted by Crippen LogP contribution is -2.26. The van der Waals surface area contributed by atoms with E-state index in [1.807, 2.05) is 32.0 Å². The summed E-state index contributed by atoms with van der Waals surface area (Å²) in [6, 6.07) is 12.7. The standard InChI is InChI=1S/C25H26O3/c1-4-23(26)18-6-8-19(9-7-18)24(27)20-10-12-21(13-11-20)25(28)22-14-5-16(2)15-17(22)3/h4-9,14-15,20-21H,1,10-13H2,2-3H3. The fraction of sp³-hybridized carbons (Fsp3) is 0.320. The number of hydrogen-bond acceptors (Lipinski definition) is 3. The maximum atomic E-state index is 12.9. The van der Waals surface area contributed by atoms with Crippen molar-refractivity contribution in [2.45, 2.75) is 39.5 Å². The topological polar surface area (TPSA) is 51.2 Å². The van der Waals surface area contributed by atoms with E-state index in [4.69, 9.17) is 0 Å². The summed E-state index contributed by atoms with van der Waals surface area (Å²) < 4.78 is 0. The highest BCUT2D eigenvalue weighted by Gasteiger charge is 2.31. The van der Waals surface area contributed by atoms with Gasteiger partial charge in [0.25, 0.3) is 0 Å². The SMILES string of the molecule is C=CC(=O)c1ccc(C(=O)C2CCC(C(=O)c3ccc(C)cc3C)CC2)cc1. The molecule has 0 unspecified atom stereocenters. The molecule has 2 aromatic rings. The van der Waals surface area contributed by atoms with E-state index in [9.17, 15) is 14.4 Å². The van der Waals surface area contributed by atoms with Crippen LogP contribution in [0.1, 0.15) is 67.9 Å². The summed E-state index contributed by atoms with van der Waals surface area (Å²) in [7, 11) is 0. The van der Waals surface area contributed by atoms with Crippen molar-refractivity contribution in [1.82, 2.24) is 0 Å². The minimum Gasteiger partial charge on any atom is -0.294 e. The zero-order chi connectivity index (χ0) is 20.3. The van der Waals surface area contributed by atoms with Crippen LogP contribution in [0.15, 0.2) is 55.1 Å². The van der Waals surface area contributed by atoms with Gasteiger partial charge in [-0.1, -0.05) is 54.6 Å². The van der Waals surface area contributed by atoms with Crippen LogP contribution in [0.4, 0.5) is 0 Å². The Morgan fingerprint density at radius 3 is 1.89 bits per heavy atom. The third kappa shape index (κ3) is 4.19. The average Bonchev–Trinajstić information content (AvgIpc) is 2.72. The summed E-state index contributed by atoms with van der Waals surface area (Å²) in [6.45, 7) is 7.48. The summed E-state index contributed by atoms with van der Waals surface area (Å²) >= 11 is 0. The molecular weight excluding hydrogens is 348 g/mol. The van der Waals surface area contributed by atoms with Crippen LogP contribution in [0.25, 0.3) is 0 Å². The van der Waals surface area contributed by atoms with Gasteiger partial charge in [-0.2, -0.15) is 0 Å². The predicted molar refractivity (Wildman–Crippen MR) is 111 cm³/mol. The van der Waals surface area contributed by atoms with Crippen LogP contribution < -0.4 is 0 Å². The Morgan fingerprint density at radius 2 is 1.36 bits per heavy atom. The molecule has 0 N–H and O–H groups in total. The number of hydrogen-bond donors (Lipinski definition) is 0. The van der Waals surface area contributed by atoms with Crippen LogP contribution >= 0.6 is 0 Å². The Hall–Kier alpha value is -2.81. The van der Waals surface area contributed by atoms with E-state index in [0.717, 1.165) is 42.4 Å². The van der Waals surface area contributed by atoms with Crippen LogP contribution in [0, 0.1) is 25.7 Å². The van der Waals surface area contributed by atoms with E-state index < -0.39 is 0 Å². The molecule has 1 fully saturated rings. The molecule has 0 aromatic heterocycles. The molecule has 0 heterocycles. The van der Waals surface area contributed by atoms with Crippen molar-refractivity contribution in [2.75, 3.05) is 0 Å². The summed E-state index contributed by atoms with van der Waals surface area (Å²) in [5.74, 6) is 0.109. The molecule has 0 saturated heterocycles. The second-order valence-electron chi connectivity index (χ2n) is 7.74. The molecular formula is C25H26O3. The molecule has 3 heteroatoms. The maximum absolute atomic E-state index is 12.9. The molecule has 1 saturated carbocycles. The van der Waals surface area contributed by atoms with E-state index in [1.165, 1.54) is 6.08 Å². The van der Waals surface area contributed by atoms with E-state index in [-0.39, 0.29) is 29.2 Å². The lowest BCUT2D eigenvalue weighted by molar-refractivity contribution is 0.0797. The molecule has 0 spiro atoms. The fourth-order valence-electron chi connectivity index (χ4n) is 4.08. The highest BCUT2D eigenvalue weighted by molar-refractivity contribution is 6.05. The molecule has 0 radical (unpaired) electrons. The van der Waals surface area contributed by atoms with Gasteiger partial charge in [0.05, 0.1) is 0 Å². The molecule has 144 valence electrons. The van der Waals surface area contributed by atoms with Crippen molar-refractivity contribution in [2.24, 2.45) is 11.8 Å². The monoisotopic (exact) mass is 374 g/mol. The van der Waals surface area contributed by atoms with Crippen molar-refractivity contribution in [1.29, 1.82) is 0 Å². The molecule has 0 bridgehead atoms. The Labute approximate surface area is 166 Å². The zero-order valence-electron chi connectivity index (χ0n) is 16.5. The third-order valence-corrected chi connectivity index (χ3v) is 5.76. The van der Waals surface area contributed by atoms with Gasteiger partial charge in [-0.05, 0) is 51.2 Å². The molecule has 0 aliphatic heterocycles. The molecule has 1 aliphatic rings. The quantitative estimate of drug-likeness (QED) is 0.492. The van der Waals surface area contributed by atoms with Crippen molar-refractivity contribution in [3.8, 4) is 0 Å². The minimum absolute atomic E-state index is 0.00181. The second-order valence-corrected chi connectivity index (χ2v) is 7.74. The molecule has 0 amide bonds. The summed E-state index contributed by atoms with van der Waals surface area (Å²) in [5.41, 5.74) is 4.16. The van der Waals surface area contributed by atoms with Crippen LogP contribution in [0.2, 0.25) is 0 Å². The summed E-state index contributed by atoms with van der Waals surface area (Å²) in [4.78, 5) is 37.3. The van der Waals surface area contributed by atoms with E-state index >= 15 is 0 Å². The Bertz CT molecular complexity index is 913. The molecule has 0 atom stereocenters. The second kappa shape index (κ2) is 8.47. The Kier molecular flexibility index (Phi) is 6.03. The number of Topliss-reactive ketones (excluding diaryl/α,β-unsaturated/α-hetero) is 2. The van der Waals surface area contributed by atoms with E-state index in [1.54, 1.807) is 24.3 Å². The maximum Gasteiger partial charge on any atom is 0.185 e. The van der Waals surface area contributed by atoms with Crippen LogP contribution in [-0.2, 0) is 0 Å². The number of ketones is 3. The predicted octanol–water partition coefficient (Wildman–Crippen LogP) is 5.54. The number of allylic oxidation sites excluding steroid dienone is 1. The molecule has 3 rings (SSSR count). The summed E-state index contributed by atoms with van der Waals surface area (Å²) in [6.07, 6.45) is 4.22. The highest BCUT2D eigenvalue weighted by atomic mass is 16.1. The lowest BCUT2D eigenvalue weighted by atomic mass is 9.75. The average molecular weight is 374 g/mol. The first-order valence-corrected chi connectivity index (χ1v) is 9.83. The normalized spacial score (nSPS) is 19.1. The zero-order valence-corrected chi connectivity index (χ0v) is 16.5.